The molecule has 0 fully saturated rings. The van der Waals surface area contributed by atoms with Gasteiger partial charge in [0.05, 0.1) is 22.2 Å². The van der Waals surface area contributed by atoms with Gasteiger partial charge in [0.25, 0.3) is 5.69 Å². The Balaban J connectivity index is 0.000000220. The molecule has 0 spiro atoms. The number of H-pyrrole nitrogens is 3. The summed E-state index contributed by atoms with van der Waals surface area (Å²) in [4.78, 5) is 45.7. The number of hydrogen-bond donors (Lipinski definition) is 3. The Morgan fingerprint density at radius 2 is 1.30 bits per heavy atom. The Morgan fingerprint density at radius 1 is 0.667 bits per heavy atom. The lowest BCUT2D eigenvalue weighted by Crippen LogP contribution is -1.85. The van der Waals surface area contributed by atoms with E-state index in [4.69, 9.17) is 0 Å². The number of para-hydroxylation sites is 1. The molecule has 4 rings (SSSR count). The average Bonchev–Trinajstić information content (AvgIpc) is 3.59. The van der Waals surface area contributed by atoms with Crippen LogP contribution in [0.5, 0.6) is 0 Å². The van der Waals surface area contributed by atoms with Gasteiger partial charge in [0.1, 0.15) is 12.4 Å². The Hall–Kier alpha value is -5.48. The van der Waals surface area contributed by atoms with Crippen LogP contribution in [0, 0.1) is 40.5 Å². The molecule has 0 aliphatic rings. The molecule has 172 valence electrons. The van der Waals surface area contributed by atoms with Crippen molar-refractivity contribution in [1.82, 2.24) is 25.1 Å². The zero-order valence-electron chi connectivity index (χ0n) is 16.4. The second kappa shape index (κ2) is 13.7. The van der Waals surface area contributed by atoms with Gasteiger partial charge in [-0.3, -0.25) is 25.3 Å². The summed E-state index contributed by atoms with van der Waals surface area (Å²) in [5, 5.41) is 45.1. The van der Waals surface area contributed by atoms with E-state index in [0.29, 0.717) is 0 Å². The number of aromatic nitrogens is 5. The van der Waals surface area contributed by atoms with Crippen LogP contribution in [0.15, 0.2) is 73.6 Å². The van der Waals surface area contributed by atoms with Crippen LogP contribution in [0.2, 0.25) is 0 Å². The number of aromatic amines is 3. The van der Waals surface area contributed by atoms with Gasteiger partial charge >= 0.3 is 17.3 Å². The summed E-state index contributed by atoms with van der Waals surface area (Å²) in [6.07, 6.45) is 6.30. The number of hydrogen-bond acceptors (Lipinski definition) is 10. The summed E-state index contributed by atoms with van der Waals surface area (Å²) in [7, 11) is 0. The molecular weight excluding hydrogens is 446 g/mol. The number of nitro benzene ring substituents is 1. The highest BCUT2D eigenvalue weighted by Crippen LogP contribution is 2.07. The quantitative estimate of drug-likeness (QED) is 0.296. The van der Waals surface area contributed by atoms with E-state index >= 15 is 0 Å². The molecule has 0 unspecified atom stereocenters. The zero-order valence-corrected chi connectivity index (χ0v) is 16.4. The van der Waals surface area contributed by atoms with E-state index < -0.39 is 19.7 Å². The molecule has 4 aromatic rings. The van der Waals surface area contributed by atoms with Crippen LogP contribution < -0.4 is 0 Å². The van der Waals surface area contributed by atoms with E-state index in [1.165, 1.54) is 36.9 Å². The highest BCUT2D eigenvalue weighted by atomic mass is 16.6. The Kier molecular flexibility index (Phi) is 10.6. The third-order valence-electron chi connectivity index (χ3n) is 3.12. The second-order valence-electron chi connectivity index (χ2n) is 5.31. The van der Waals surface area contributed by atoms with Crippen molar-refractivity contribution in [2.45, 2.75) is 0 Å². The summed E-state index contributed by atoms with van der Waals surface area (Å²) in [5.41, 5.74) is 0.127. The van der Waals surface area contributed by atoms with Crippen molar-refractivity contribution in [3.8, 4) is 0 Å². The van der Waals surface area contributed by atoms with E-state index in [-0.39, 0.29) is 23.0 Å². The summed E-state index contributed by atoms with van der Waals surface area (Å²) in [5.74, 6) is -0.0463. The number of rotatable bonds is 4. The van der Waals surface area contributed by atoms with Crippen LogP contribution in [0.1, 0.15) is 0 Å². The van der Waals surface area contributed by atoms with Gasteiger partial charge in [-0.15, -0.1) is 0 Å². The normalized spacial score (nSPS) is 8.97. The molecule has 3 aromatic heterocycles. The number of imidazole rings is 1. The Morgan fingerprint density at radius 3 is 1.58 bits per heavy atom. The van der Waals surface area contributed by atoms with Gasteiger partial charge in [-0.1, -0.05) is 18.2 Å². The van der Waals surface area contributed by atoms with Crippen molar-refractivity contribution in [3.63, 3.8) is 0 Å². The highest BCUT2D eigenvalue weighted by molar-refractivity contribution is 5.28. The minimum absolute atomic E-state index is 0.00926. The molecule has 3 N–H and O–H groups in total. The van der Waals surface area contributed by atoms with Crippen LogP contribution in [0.25, 0.3) is 0 Å². The Bertz CT molecular complexity index is 1010. The van der Waals surface area contributed by atoms with E-state index in [9.17, 15) is 40.5 Å². The first-order valence-electron chi connectivity index (χ1n) is 8.45. The van der Waals surface area contributed by atoms with Crippen LogP contribution in [-0.4, -0.2) is 44.8 Å². The molecule has 1 aromatic carbocycles. The number of non-ortho nitro benzene ring substituents is 1. The third kappa shape index (κ3) is 10.2. The van der Waals surface area contributed by atoms with Gasteiger partial charge in [0.15, 0.2) is 6.33 Å². The molecule has 0 atom stereocenters. The largest absolute Gasteiger partial charge is 0.358 e. The summed E-state index contributed by atoms with van der Waals surface area (Å²) in [6, 6.07) is 10.9. The van der Waals surface area contributed by atoms with Gasteiger partial charge in [0, 0.05) is 18.2 Å². The number of nitrogens with zero attached hydrogens (tertiary/aromatic N) is 6. The molecule has 0 aliphatic carbocycles. The van der Waals surface area contributed by atoms with Crippen molar-refractivity contribution in [2.24, 2.45) is 0 Å². The lowest BCUT2D eigenvalue weighted by Gasteiger charge is -1.85. The topological polar surface area (TPSA) is 246 Å². The van der Waals surface area contributed by atoms with E-state index in [1.807, 2.05) is 0 Å². The van der Waals surface area contributed by atoms with Gasteiger partial charge in [-0.2, -0.15) is 5.10 Å². The van der Waals surface area contributed by atoms with E-state index in [1.54, 1.807) is 24.3 Å². The molecule has 17 nitrogen and oxygen atoms in total. The molecule has 3 heterocycles. The van der Waals surface area contributed by atoms with Gasteiger partial charge in [-0.05, 0) is 15.9 Å². The molecular formula is C16H15N9O8. The maximum absolute atomic E-state index is 10.0. The average molecular weight is 461 g/mol. The highest BCUT2D eigenvalue weighted by Gasteiger charge is 2.02. The molecule has 0 bridgehead atoms. The molecule has 0 amide bonds. The standard InChI is InChI=1S/C6H5NO2.C4H4N2O2.2C3H3N3O2/c8-7(9)6-4-2-1-3-5-6;7-6(8)4-2-1-3-5-4;7-6(8)3-1-4-2-5-3;7-6(8)3-1-4-5-2-3/h1-5H;1-3,5H;2*1-2H,(H,4,5). The van der Waals surface area contributed by atoms with Gasteiger partial charge < -0.3 is 20.2 Å². The second-order valence-corrected chi connectivity index (χ2v) is 5.31. The molecule has 17 heteroatoms. The van der Waals surface area contributed by atoms with E-state index in [2.05, 4.69) is 25.1 Å². The first-order valence-corrected chi connectivity index (χ1v) is 8.45. The number of nitro groups is 4. The molecule has 0 saturated carbocycles. The van der Waals surface area contributed by atoms with Crippen LogP contribution in [0.3, 0.4) is 0 Å². The van der Waals surface area contributed by atoms with Crippen molar-refractivity contribution in [1.29, 1.82) is 0 Å². The smallest absolute Gasteiger partial charge is 0.340 e. The van der Waals surface area contributed by atoms with Crippen LogP contribution >= 0.6 is 0 Å². The summed E-state index contributed by atoms with van der Waals surface area (Å²) in [6.45, 7) is 0. The minimum atomic E-state index is -0.535. The fourth-order valence-corrected chi connectivity index (χ4v) is 1.68. The fourth-order valence-electron chi connectivity index (χ4n) is 1.68. The molecule has 0 radical (unpaired) electrons. The first kappa shape index (κ1) is 25.6. The van der Waals surface area contributed by atoms with Crippen molar-refractivity contribution in [2.75, 3.05) is 0 Å². The van der Waals surface area contributed by atoms with Crippen LogP contribution in [-0.2, 0) is 0 Å². The van der Waals surface area contributed by atoms with Gasteiger partial charge in [-0.25, -0.2) is 15.0 Å². The van der Waals surface area contributed by atoms with E-state index in [0.717, 1.165) is 12.4 Å². The predicted molar refractivity (Wildman–Crippen MR) is 111 cm³/mol. The third-order valence-corrected chi connectivity index (χ3v) is 3.12. The first-order chi connectivity index (χ1) is 15.7. The monoisotopic (exact) mass is 461 g/mol. The lowest BCUT2D eigenvalue weighted by molar-refractivity contribution is -0.389. The molecule has 0 aliphatic heterocycles. The maximum atomic E-state index is 10.0. The van der Waals surface area contributed by atoms with Crippen molar-refractivity contribution >= 4 is 23.0 Å². The number of benzene rings is 1. The zero-order chi connectivity index (χ0) is 24.6. The van der Waals surface area contributed by atoms with Crippen molar-refractivity contribution in [3.05, 3.63) is 114 Å². The fraction of sp³-hybridized carbons (Fsp3) is 0. The lowest BCUT2D eigenvalue weighted by atomic mass is 10.3. The Labute approximate surface area is 182 Å². The summed E-state index contributed by atoms with van der Waals surface area (Å²) < 4.78 is 0. The van der Waals surface area contributed by atoms with Crippen molar-refractivity contribution < 1.29 is 19.7 Å². The maximum Gasteiger partial charge on any atom is 0.340 e. The predicted octanol–water partition coefficient (Wildman–Crippen LogP) is 3.15. The molecule has 0 saturated heterocycles. The van der Waals surface area contributed by atoms with Crippen LogP contribution in [0.4, 0.5) is 23.0 Å². The SMILES string of the molecule is O=[N+]([O-])c1ccc[nH]1.O=[N+]([O-])c1ccccc1.O=[N+]([O-])c1cn[nH]c1.O=[N+]([O-])c1cnc[nH]1. The molecule has 33 heavy (non-hydrogen) atoms. The summed E-state index contributed by atoms with van der Waals surface area (Å²) >= 11 is 0. The van der Waals surface area contributed by atoms with Gasteiger partial charge in [0.2, 0.25) is 0 Å². The number of nitrogens with one attached hydrogen (secondary N) is 3. The minimum Gasteiger partial charge on any atom is -0.358 e.